The van der Waals surface area contributed by atoms with E-state index in [1.165, 1.54) is 18.2 Å². The Morgan fingerprint density at radius 2 is 2.10 bits per heavy atom. The lowest BCUT2D eigenvalue weighted by molar-refractivity contribution is -0.388. The van der Waals surface area contributed by atoms with Crippen LogP contribution in [0.15, 0.2) is 18.2 Å². The number of anilines is 1. The topological polar surface area (TPSA) is 112 Å². The Balaban J connectivity index is 1.80. The fraction of sp³-hybridized carbons (Fsp3) is 0.267. The van der Waals surface area contributed by atoms with Crippen LogP contribution in [0.25, 0.3) is 10.2 Å². The summed E-state index contributed by atoms with van der Waals surface area (Å²) in [6.45, 7) is -2.72. The largest absolute Gasteiger partial charge is 0.442 e. The van der Waals surface area contributed by atoms with Gasteiger partial charge < -0.3 is 10.1 Å². The van der Waals surface area contributed by atoms with Gasteiger partial charge in [0.25, 0.3) is 0 Å². The molecule has 2 heterocycles. The first-order chi connectivity index (χ1) is 14.0. The van der Waals surface area contributed by atoms with Gasteiger partial charge in [-0.2, -0.15) is 27.1 Å². The van der Waals surface area contributed by atoms with E-state index < -0.39 is 47.2 Å². The van der Waals surface area contributed by atoms with Gasteiger partial charge in [0.1, 0.15) is 18.0 Å². The molecule has 1 amide bonds. The van der Waals surface area contributed by atoms with Crippen molar-refractivity contribution in [2.75, 3.05) is 5.32 Å². The van der Waals surface area contributed by atoms with Gasteiger partial charge in [-0.1, -0.05) is 11.3 Å². The third-order valence-electron chi connectivity index (χ3n) is 3.75. The summed E-state index contributed by atoms with van der Waals surface area (Å²) >= 11 is 0.913. The lowest BCUT2D eigenvalue weighted by Gasteiger charge is -2.03. The highest BCUT2D eigenvalue weighted by molar-refractivity contribution is 7.22. The lowest BCUT2D eigenvalue weighted by atomic mass is 10.3. The molecule has 3 aromatic rings. The maximum atomic E-state index is 13.0. The molecule has 0 atom stereocenters. The smallest absolute Gasteiger partial charge is 0.435 e. The van der Waals surface area contributed by atoms with Crippen LogP contribution in [0, 0.1) is 17.0 Å². The number of rotatable bonds is 6. The Morgan fingerprint density at radius 3 is 2.67 bits per heavy atom. The van der Waals surface area contributed by atoms with Crippen molar-refractivity contribution in [3.63, 3.8) is 0 Å². The molecule has 160 valence electrons. The predicted molar refractivity (Wildman–Crippen MR) is 93.5 cm³/mol. The molecule has 1 aromatic carbocycles. The molecule has 0 unspecified atom stereocenters. The molecule has 0 saturated carbocycles. The second-order valence-electron chi connectivity index (χ2n) is 5.77. The molecule has 0 radical (unpaired) electrons. The molecule has 0 aliphatic carbocycles. The van der Waals surface area contributed by atoms with Gasteiger partial charge >= 0.3 is 18.5 Å². The minimum absolute atomic E-state index is 0.0413. The molecule has 1 N–H and O–H groups in total. The number of amides is 1. The zero-order valence-corrected chi connectivity index (χ0v) is 15.6. The zero-order chi connectivity index (χ0) is 22.2. The summed E-state index contributed by atoms with van der Waals surface area (Å²) < 4.78 is 68.7. The molecular formula is C15H10F5N5O4S. The number of halogens is 5. The highest BCUT2D eigenvalue weighted by Gasteiger charge is 2.44. The van der Waals surface area contributed by atoms with Crippen LogP contribution < -0.4 is 10.1 Å². The van der Waals surface area contributed by atoms with Crippen molar-refractivity contribution in [2.45, 2.75) is 26.3 Å². The number of carbonyl (C=O) groups excluding carboxylic acids is 1. The van der Waals surface area contributed by atoms with Crippen LogP contribution in [0.1, 0.15) is 11.4 Å². The van der Waals surface area contributed by atoms with E-state index in [-0.39, 0.29) is 10.9 Å². The predicted octanol–water partition coefficient (Wildman–Crippen LogP) is 3.97. The van der Waals surface area contributed by atoms with E-state index in [1.807, 2.05) is 0 Å². The number of hydrogen-bond donors (Lipinski definition) is 1. The number of nitrogens with zero attached hydrogens (tertiary/aromatic N) is 4. The van der Waals surface area contributed by atoms with Crippen LogP contribution in [-0.4, -0.2) is 32.2 Å². The molecule has 30 heavy (non-hydrogen) atoms. The Hall–Kier alpha value is -3.36. The Labute approximate surface area is 167 Å². The number of nitro groups is 1. The van der Waals surface area contributed by atoms with Gasteiger partial charge in [0.2, 0.25) is 11.6 Å². The average molecular weight is 451 g/mol. The van der Waals surface area contributed by atoms with E-state index in [2.05, 4.69) is 20.1 Å². The van der Waals surface area contributed by atoms with E-state index in [9.17, 15) is 36.9 Å². The number of hydrogen-bond acceptors (Lipinski definition) is 7. The Kier molecular flexibility index (Phi) is 5.56. The van der Waals surface area contributed by atoms with Gasteiger partial charge in [-0.15, -0.1) is 0 Å². The molecule has 15 heteroatoms. The lowest BCUT2D eigenvalue weighted by Crippen LogP contribution is -2.20. The SMILES string of the molecule is Cc1c([N+](=O)[O-])c(C(F)(F)F)nn1CC(=O)Nc1nc2ccc(OC(F)F)cc2s1. The molecule has 9 nitrogen and oxygen atoms in total. The van der Waals surface area contributed by atoms with Crippen molar-refractivity contribution in [2.24, 2.45) is 0 Å². The third-order valence-corrected chi connectivity index (χ3v) is 4.68. The fourth-order valence-electron chi connectivity index (χ4n) is 2.53. The number of carbonyl (C=O) groups is 1. The van der Waals surface area contributed by atoms with Gasteiger partial charge in [0, 0.05) is 0 Å². The maximum Gasteiger partial charge on any atom is 0.442 e. The maximum absolute atomic E-state index is 13.0. The summed E-state index contributed by atoms with van der Waals surface area (Å²) in [7, 11) is 0. The third kappa shape index (κ3) is 4.45. The summed E-state index contributed by atoms with van der Waals surface area (Å²) in [4.78, 5) is 26.0. The summed E-state index contributed by atoms with van der Waals surface area (Å²) in [5, 5.41) is 16.5. The van der Waals surface area contributed by atoms with Crippen molar-refractivity contribution in [1.82, 2.24) is 14.8 Å². The van der Waals surface area contributed by atoms with Crippen LogP contribution in [-0.2, 0) is 17.5 Å². The van der Waals surface area contributed by atoms with Crippen molar-refractivity contribution in [3.8, 4) is 5.75 Å². The fourth-order valence-corrected chi connectivity index (χ4v) is 3.44. The molecule has 0 aliphatic rings. The molecule has 0 spiro atoms. The number of aromatic nitrogens is 3. The van der Waals surface area contributed by atoms with E-state index in [4.69, 9.17) is 0 Å². The minimum Gasteiger partial charge on any atom is -0.435 e. The number of benzene rings is 1. The van der Waals surface area contributed by atoms with E-state index in [0.29, 0.717) is 14.9 Å². The van der Waals surface area contributed by atoms with E-state index >= 15 is 0 Å². The van der Waals surface area contributed by atoms with Gasteiger partial charge in [0.15, 0.2) is 5.13 Å². The van der Waals surface area contributed by atoms with Crippen LogP contribution >= 0.6 is 11.3 Å². The summed E-state index contributed by atoms with van der Waals surface area (Å²) in [6.07, 6.45) is -5.07. The monoisotopic (exact) mass is 451 g/mol. The molecule has 3 rings (SSSR count). The molecule has 0 bridgehead atoms. The highest BCUT2D eigenvalue weighted by Crippen LogP contribution is 2.37. The van der Waals surface area contributed by atoms with Gasteiger partial charge in [-0.25, -0.2) is 4.98 Å². The molecule has 2 aromatic heterocycles. The molecule has 0 saturated heterocycles. The first kappa shape index (κ1) is 21.4. The number of thiazole rings is 1. The van der Waals surface area contributed by atoms with Gasteiger partial charge in [0.05, 0.1) is 15.1 Å². The number of fused-ring (bicyclic) bond motifs is 1. The minimum atomic E-state index is -5.07. The summed E-state index contributed by atoms with van der Waals surface area (Å²) in [5.41, 5.74) is -3.02. The number of nitrogens with one attached hydrogen (secondary N) is 1. The van der Waals surface area contributed by atoms with Crippen LogP contribution in [0.5, 0.6) is 5.75 Å². The second kappa shape index (κ2) is 7.81. The van der Waals surface area contributed by atoms with E-state index in [0.717, 1.165) is 18.3 Å². The molecule has 0 fully saturated rings. The quantitative estimate of drug-likeness (QED) is 0.345. The van der Waals surface area contributed by atoms with Crippen molar-refractivity contribution >= 4 is 38.3 Å². The standard InChI is InChI=1S/C15H10F5N5O4S/c1-6-11(25(27)28)12(15(18,19)20)23-24(6)5-10(26)22-14-21-8-3-2-7(29-13(16)17)4-9(8)30-14/h2-4,13H,5H2,1H3,(H,21,22,26). The molecule has 0 aliphatic heterocycles. The van der Waals surface area contributed by atoms with Crippen LogP contribution in [0.3, 0.4) is 0 Å². The van der Waals surface area contributed by atoms with Crippen LogP contribution in [0.2, 0.25) is 0 Å². The Bertz CT molecular complexity index is 1130. The van der Waals surface area contributed by atoms with Crippen molar-refractivity contribution in [3.05, 3.63) is 39.7 Å². The summed E-state index contributed by atoms with van der Waals surface area (Å²) in [5.74, 6) is -0.953. The zero-order valence-electron chi connectivity index (χ0n) is 14.7. The van der Waals surface area contributed by atoms with Gasteiger partial charge in [-0.3, -0.25) is 19.6 Å². The summed E-state index contributed by atoms with van der Waals surface area (Å²) in [6, 6.07) is 3.92. The van der Waals surface area contributed by atoms with Crippen LogP contribution in [0.4, 0.5) is 32.8 Å². The van der Waals surface area contributed by atoms with Crippen molar-refractivity contribution in [1.29, 1.82) is 0 Å². The first-order valence-electron chi connectivity index (χ1n) is 7.90. The van der Waals surface area contributed by atoms with Gasteiger partial charge in [-0.05, 0) is 25.1 Å². The van der Waals surface area contributed by atoms with Crippen molar-refractivity contribution < 1.29 is 36.4 Å². The number of alkyl halides is 5. The Morgan fingerprint density at radius 1 is 1.40 bits per heavy atom. The first-order valence-corrected chi connectivity index (χ1v) is 8.71. The molecular weight excluding hydrogens is 441 g/mol. The highest BCUT2D eigenvalue weighted by atomic mass is 32.1. The normalized spacial score (nSPS) is 11.8. The average Bonchev–Trinajstić information content (AvgIpc) is 3.14. The number of ether oxygens (including phenoxy) is 1. The van der Waals surface area contributed by atoms with E-state index in [1.54, 1.807) is 0 Å². The second-order valence-corrected chi connectivity index (χ2v) is 6.80.